The lowest BCUT2D eigenvalue weighted by Gasteiger charge is -2.17. The van der Waals surface area contributed by atoms with Gasteiger partial charge in [0.1, 0.15) is 0 Å². The standard InChI is InChI=1S/C14H19NO2/c1-2-13(9-16)15-14(17)12-7-10-5-3-4-6-11(10)8-12/h3-6,12-13,16H,2,7-9H2,1H3,(H,15,17)/t13-/m0/s1. The van der Waals surface area contributed by atoms with Gasteiger partial charge in [-0.25, -0.2) is 0 Å². The Kier molecular flexibility index (Phi) is 3.79. The highest BCUT2D eigenvalue weighted by Crippen LogP contribution is 2.26. The largest absolute Gasteiger partial charge is 0.394 e. The van der Waals surface area contributed by atoms with Gasteiger partial charge in [0.15, 0.2) is 0 Å². The maximum Gasteiger partial charge on any atom is 0.224 e. The van der Waals surface area contributed by atoms with Gasteiger partial charge in [-0.1, -0.05) is 31.2 Å². The van der Waals surface area contributed by atoms with Crippen LogP contribution in [-0.2, 0) is 17.6 Å². The minimum absolute atomic E-state index is 0.0158. The van der Waals surface area contributed by atoms with E-state index in [-0.39, 0.29) is 24.5 Å². The second-order valence-corrected chi connectivity index (χ2v) is 4.67. The van der Waals surface area contributed by atoms with Crippen molar-refractivity contribution in [2.24, 2.45) is 5.92 Å². The molecule has 1 aromatic carbocycles. The molecule has 0 radical (unpaired) electrons. The van der Waals surface area contributed by atoms with Crippen LogP contribution in [0.2, 0.25) is 0 Å². The second-order valence-electron chi connectivity index (χ2n) is 4.67. The van der Waals surface area contributed by atoms with Crippen LogP contribution in [0.15, 0.2) is 24.3 Å². The van der Waals surface area contributed by atoms with Crippen LogP contribution in [0.5, 0.6) is 0 Å². The first-order chi connectivity index (χ1) is 8.24. The quantitative estimate of drug-likeness (QED) is 0.823. The van der Waals surface area contributed by atoms with Crippen LogP contribution in [0.25, 0.3) is 0 Å². The number of benzene rings is 1. The maximum absolute atomic E-state index is 12.0. The predicted molar refractivity (Wildman–Crippen MR) is 66.6 cm³/mol. The normalized spacial score (nSPS) is 16.6. The molecule has 17 heavy (non-hydrogen) atoms. The van der Waals surface area contributed by atoms with Crippen molar-refractivity contribution in [1.29, 1.82) is 0 Å². The summed E-state index contributed by atoms with van der Waals surface area (Å²) in [6.45, 7) is 1.98. The molecule has 0 saturated heterocycles. The monoisotopic (exact) mass is 233 g/mol. The van der Waals surface area contributed by atoms with E-state index in [1.165, 1.54) is 11.1 Å². The van der Waals surface area contributed by atoms with Crippen LogP contribution in [0, 0.1) is 5.92 Å². The zero-order valence-corrected chi connectivity index (χ0v) is 10.1. The van der Waals surface area contributed by atoms with Gasteiger partial charge in [0.2, 0.25) is 5.91 Å². The molecule has 3 heteroatoms. The number of carbonyl (C=O) groups is 1. The van der Waals surface area contributed by atoms with Crippen LogP contribution >= 0.6 is 0 Å². The summed E-state index contributed by atoms with van der Waals surface area (Å²) in [7, 11) is 0. The first kappa shape index (κ1) is 12.1. The molecule has 0 saturated carbocycles. The zero-order chi connectivity index (χ0) is 12.3. The van der Waals surface area contributed by atoms with E-state index in [1.54, 1.807) is 0 Å². The van der Waals surface area contributed by atoms with Gasteiger partial charge in [-0.15, -0.1) is 0 Å². The van der Waals surface area contributed by atoms with Crippen molar-refractivity contribution in [2.75, 3.05) is 6.61 Å². The van der Waals surface area contributed by atoms with Crippen molar-refractivity contribution in [3.8, 4) is 0 Å². The molecule has 0 heterocycles. The third-order valence-electron chi connectivity index (χ3n) is 3.48. The zero-order valence-electron chi connectivity index (χ0n) is 10.1. The van der Waals surface area contributed by atoms with Crippen molar-refractivity contribution in [2.45, 2.75) is 32.2 Å². The first-order valence-electron chi connectivity index (χ1n) is 6.22. The smallest absolute Gasteiger partial charge is 0.224 e. The van der Waals surface area contributed by atoms with Crippen molar-refractivity contribution >= 4 is 5.91 Å². The summed E-state index contributed by atoms with van der Waals surface area (Å²) in [5, 5.41) is 12.0. The summed E-state index contributed by atoms with van der Waals surface area (Å²) in [5.41, 5.74) is 2.56. The molecule has 1 atom stereocenters. The van der Waals surface area contributed by atoms with E-state index in [4.69, 9.17) is 5.11 Å². The van der Waals surface area contributed by atoms with Crippen LogP contribution in [0.3, 0.4) is 0 Å². The number of nitrogens with one attached hydrogen (secondary N) is 1. The van der Waals surface area contributed by atoms with Crippen LogP contribution < -0.4 is 5.32 Å². The van der Waals surface area contributed by atoms with E-state index in [0.717, 1.165) is 19.3 Å². The number of carbonyl (C=O) groups excluding carboxylic acids is 1. The van der Waals surface area contributed by atoms with Crippen molar-refractivity contribution in [3.63, 3.8) is 0 Å². The third-order valence-corrected chi connectivity index (χ3v) is 3.48. The van der Waals surface area contributed by atoms with Gasteiger partial charge in [-0.05, 0) is 30.4 Å². The number of hydrogen-bond acceptors (Lipinski definition) is 2. The molecular formula is C14H19NO2. The van der Waals surface area contributed by atoms with Crippen molar-refractivity contribution in [3.05, 3.63) is 35.4 Å². The highest BCUT2D eigenvalue weighted by molar-refractivity contribution is 5.80. The number of fused-ring (bicyclic) bond motifs is 1. The number of hydrogen-bond donors (Lipinski definition) is 2. The summed E-state index contributed by atoms with van der Waals surface area (Å²) >= 11 is 0. The Morgan fingerprint density at radius 1 is 1.41 bits per heavy atom. The second kappa shape index (κ2) is 5.32. The Labute approximate surface area is 102 Å². The van der Waals surface area contributed by atoms with E-state index < -0.39 is 0 Å². The Morgan fingerprint density at radius 3 is 2.47 bits per heavy atom. The highest BCUT2D eigenvalue weighted by Gasteiger charge is 2.27. The molecule has 92 valence electrons. The van der Waals surface area contributed by atoms with Gasteiger partial charge in [0, 0.05) is 5.92 Å². The number of aliphatic hydroxyl groups excluding tert-OH is 1. The number of rotatable bonds is 4. The maximum atomic E-state index is 12.0. The molecule has 0 aromatic heterocycles. The molecule has 1 aromatic rings. The lowest BCUT2D eigenvalue weighted by molar-refractivity contribution is -0.125. The summed E-state index contributed by atoms with van der Waals surface area (Å²) < 4.78 is 0. The van der Waals surface area contributed by atoms with Crippen LogP contribution in [0.4, 0.5) is 0 Å². The summed E-state index contributed by atoms with van der Waals surface area (Å²) in [6.07, 6.45) is 2.41. The minimum atomic E-state index is -0.105. The predicted octanol–water partition coefficient (Wildman–Crippen LogP) is 1.29. The third kappa shape index (κ3) is 2.67. The van der Waals surface area contributed by atoms with E-state index in [0.29, 0.717) is 0 Å². The van der Waals surface area contributed by atoms with Gasteiger partial charge in [0.25, 0.3) is 0 Å². The fourth-order valence-corrected chi connectivity index (χ4v) is 2.34. The van der Waals surface area contributed by atoms with Crippen LogP contribution in [-0.4, -0.2) is 23.7 Å². The molecular weight excluding hydrogens is 214 g/mol. The molecule has 2 rings (SSSR count). The fraction of sp³-hybridized carbons (Fsp3) is 0.500. The Bertz CT molecular complexity index is 374. The summed E-state index contributed by atoms with van der Waals surface area (Å²) in [5.74, 6) is 0.107. The Morgan fingerprint density at radius 2 is 2.00 bits per heavy atom. The molecule has 0 fully saturated rings. The highest BCUT2D eigenvalue weighted by atomic mass is 16.3. The summed E-state index contributed by atoms with van der Waals surface area (Å²) in [4.78, 5) is 12.0. The van der Waals surface area contributed by atoms with Crippen molar-refractivity contribution in [1.82, 2.24) is 5.32 Å². The molecule has 1 aliphatic carbocycles. The van der Waals surface area contributed by atoms with E-state index in [9.17, 15) is 4.79 Å². The SMILES string of the molecule is CC[C@@H](CO)NC(=O)C1Cc2ccccc2C1. The van der Waals surface area contributed by atoms with E-state index in [2.05, 4.69) is 17.4 Å². The number of aliphatic hydroxyl groups is 1. The topological polar surface area (TPSA) is 49.3 Å². The van der Waals surface area contributed by atoms with Gasteiger partial charge in [-0.3, -0.25) is 4.79 Å². The van der Waals surface area contributed by atoms with Gasteiger partial charge in [0.05, 0.1) is 12.6 Å². The molecule has 0 unspecified atom stereocenters. The van der Waals surface area contributed by atoms with E-state index in [1.807, 2.05) is 19.1 Å². The van der Waals surface area contributed by atoms with Gasteiger partial charge in [-0.2, -0.15) is 0 Å². The minimum Gasteiger partial charge on any atom is -0.394 e. The summed E-state index contributed by atoms with van der Waals surface area (Å²) in [6, 6.07) is 8.10. The van der Waals surface area contributed by atoms with Crippen LogP contribution in [0.1, 0.15) is 24.5 Å². The molecule has 3 nitrogen and oxygen atoms in total. The molecule has 2 N–H and O–H groups in total. The lowest BCUT2D eigenvalue weighted by atomic mass is 10.0. The van der Waals surface area contributed by atoms with Gasteiger partial charge >= 0.3 is 0 Å². The molecule has 1 aliphatic rings. The van der Waals surface area contributed by atoms with Crippen molar-refractivity contribution < 1.29 is 9.90 Å². The number of amides is 1. The van der Waals surface area contributed by atoms with E-state index >= 15 is 0 Å². The van der Waals surface area contributed by atoms with Gasteiger partial charge < -0.3 is 10.4 Å². The molecule has 1 amide bonds. The lowest BCUT2D eigenvalue weighted by Crippen LogP contribution is -2.40. The average Bonchev–Trinajstić information content (AvgIpc) is 2.79. The fourth-order valence-electron chi connectivity index (χ4n) is 2.34. The Balaban J connectivity index is 1.96. The first-order valence-corrected chi connectivity index (χ1v) is 6.22. The molecule has 0 spiro atoms. The molecule has 0 aliphatic heterocycles. The molecule has 0 bridgehead atoms. The average molecular weight is 233 g/mol. The Hall–Kier alpha value is -1.35.